The third kappa shape index (κ3) is 5.25. The van der Waals surface area contributed by atoms with Crippen molar-refractivity contribution in [2.45, 2.75) is 13.8 Å². The van der Waals surface area contributed by atoms with Crippen LogP contribution in [0.5, 0.6) is 11.5 Å². The molecule has 0 aliphatic heterocycles. The molecule has 0 aliphatic carbocycles. The minimum Gasteiger partial charge on any atom is -0.490 e. The molecule has 0 aliphatic rings. The lowest BCUT2D eigenvalue weighted by atomic mass is 10.2. The molecule has 0 atom stereocenters. The number of hydrogen-bond acceptors (Lipinski definition) is 5. The van der Waals surface area contributed by atoms with Gasteiger partial charge in [0.1, 0.15) is 0 Å². The Morgan fingerprint density at radius 2 is 2.00 bits per heavy atom. The summed E-state index contributed by atoms with van der Waals surface area (Å²) in [4.78, 5) is 11.1. The molecule has 0 spiro atoms. The molecule has 2 aromatic carbocycles. The molecule has 0 saturated heterocycles. The van der Waals surface area contributed by atoms with Crippen LogP contribution in [0.1, 0.15) is 29.8 Å². The predicted octanol–water partition coefficient (Wildman–Crippen LogP) is 4.89. The smallest absolute Gasteiger partial charge is 0.337 e. The van der Waals surface area contributed by atoms with E-state index < -0.39 is 5.97 Å². The number of nitrogens with one attached hydrogen (secondary N) is 1. The molecule has 0 fully saturated rings. The van der Waals surface area contributed by atoms with Crippen molar-refractivity contribution in [2.24, 2.45) is 5.10 Å². The molecule has 0 unspecified atom stereocenters. The second kappa shape index (κ2) is 9.63. The zero-order chi connectivity index (χ0) is 19.1. The first-order valence-corrected chi connectivity index (χ1v) is 9.33. The molecule has 6 nitrogen and oxygen atoms in total. The molecule has 2 N–H and O–H groups in total. The zero-order valence-electron chi connectivity index (χ0n) is 14.3. The first kappa shape index (κ1) is 20.3. The number of carbonyl (C=O) groups is 1. The van der Waals surface area contributed by atoms with Crippen molar-refractivity contribution in [3.8, 4) is 11.5 Å². The number of carboxylic acids is 1. The van der Waals surface area contributed by atoms with E-state index in [1.54, 1.807) is 12.3 Å². The zero-order valence-corrected chi connectivity index (χ0v) is 17.2. The minimum atomic E-state index is -1.09. The van der Waals surface area contributed by atoms with Crippen molar-refractivity contribution < 1.29 is 19.4 Å². The highest BCUT2D eigenvalue weighted by Gasteiger charge is 2.11. The van der Waals surface area contributed by atoms with Crippen molar-refractivity contribution in [1.82, 2.24) is 0 Å². The molecule has 0 bridgehead atoms. The first-order valence-electron chi connectivity index (χ1n) is 7.87. The number of hydrogen-bond donors (Lipinski definition) is 2. The van der Waals surface area contributed by atoms with Gasteiger partial charge in [-0.3, -0.25) is 5.43 Å². The normalized spacial score (nSPS) is 10.8. The number of carboxylic acid groups (broad SMARTS) is 1. The second-order valence-electron chi connectivity index (χ2n) is 5.07. The van der Waals surface area contributed by atoms with E-state index in [9.17, 15) is 4.79 Å². The van der Waals surface area contributed by atoms with Crippen LogP contribution in [0.25, 0.3) is 0 Å². The summed E-state index contributed by atoms with van der Waals surface area (Å²) in [5.74, 6) is 0.274. The highest BCUT2D eigenvalue weighted by atomic mass is 127. The van der Waals surface area contributed by atoms with Gasteiger partial charge in [-0.05, 0) is 72.3 Å². The molecule has 2 rings (SSSR count). The Balaban J connectivity index is 2.20. The summed E-state index contributed by atoms with van der Waals surface area (Å²) in [7, 11) is 0. The summed E-state index contributed by atoms with van der Waals surface area (Å²) in [6.07, 6.45) is 1.62. The highest BCUT2D eigenvalue weighted by Crippen LogP contribution is 2.33. The highest BCUT2D eigenvalue weighted by molar-refractivity contribution is 14.1. The van der Waals surface area contributed by atoms with Crippen LogP contribution in [0.15, 0.2) is 35.4 Å². The number of hydrazone groups is 1. The van der Waals surface area contributed by atoms with Crippen molar-refractivity contribution in [3.63, 3.8) is 0 Å². The van der Waals surface area contributed by atoms with Gasteiger partial charge in [-0.1, -0.05) is 11.6 Å². The minimum absolute atomic E-state index is 0.0149. The third-order valence-electron chi connectivity index (χ3n) is 3.22. The number of benzene rings is 2. The molecule has 138 valence electrons. The van der Waals surface area contributed by atoms with Crippen LogP contribution in [-0.4, -0.2) is 30.5 Å². The fourth-order valence-electron chi connectivity index (χ4n) is 2.15. The Morgan fingerprint density at radius 1 is 1.27 bits per heavy atom. The van der Waals surface area contributed by atoms with Crippen LogP contribution in [0, 0.1) is 3.57 Å². The lowest BCUT2D eigenvalue weighted by Gasteiger charge is -2.13. The van der Waals surface area contributed by atoms with Crippen LogP contribution in [0.3, 0.4) is 0 Å². The lowest BCUT2D eigenvalue weighted by molar-refractivity contribution is 0.0697. The largest absolute Gasteiger partial charge is 0.490 e. The van der Waals surface area contributed by atoms with E-state index >= 15 is 0 Å². The summed E-state index contributed by atoms with van der Waals surface area (Å²) in [6, 6.07) is 8.35. The summed E-state index contributed by atoms with van der Waals surface area (Å²) in [5.41, 5.74) is 4.16. The van der Waals surface area contributed by atoms with Gasteiger partial charge in [-0.2, -0.15) is 5.10 Å². The number of ether oxygens (including phenoxy) is 2. The van der Waals surface area contributed by atoms with E-state index in [1.807, 2.05) is 26.0 Å². The molecular formula is C18H18ClIN2O4. The predicted molar refractivity (Wildman–Crippen MR) is 111 cm³/mol. The Morgan fingerprint density at radius 3 is 2.65 bits per heavy atom. The summed E-state index contributed by atoms with van der Waals surface area (Å²) >= 11 is 8.04. The fourth-order valence-corrected chi connectivity index (χ4v) is 3.13. The second-order valence-corrected chi connectivity index (χ2v) is 6.64. The number of anilines is 1. The topological polar surface area (TPSA) is 80.2 Å². The van der Waals surface area contributed by atoms with Crippen LogP contribution >= 0.6 is 34.2 Å². The standard InChI is InChI=1S/C18H18ClIN2O4/c1-3-25-16-8-11(7-15(20)17(16)26-4-2)10-21-22-12-5-6-14(19)13(9-12)18(23)24/h5-10,22H,3-4H2,1-2H3,(H,23,24)/b21-10+. The molecule has 2 aromatic rings. The van der Waals surface area contributed by atoms with Gasteiger partial charge < -0.3 is 14.6 Å². The maximum Gasteiger partial charge on any atom is 0.337 e. The van der Waals surface area contributed by atoms with E-state index in [1.165, 1.54) is 12.1 Å². The van der Waals surface area contributed by atoms with Gasteiger partial charge in [0.05, 0.1) is 39.3 Å². The maximum atomic E-state index is 11.1. The molecule has 26 heavy (non-hydrogen) atoms. The van der Waals surface area contributed by atoms with Gasteiger partial charge in [-0.25, -0.2) is 4.79 Å². The van der Waals surface area contributed by atoms with Gasteiger partial charge in [0.25, 0.3) is 0 Å². The average molecular weight is 489 g/mol. The molecule has 0 radical (unpaired) electrons. The van der Waals surface area contributed by atoms with E-state index in [4.69, 9.17) is 26.2 Å². The molecule has 0 aromatic heterocycles. The van der Waals surface area contributed by atoms with Crippen molar-refractivity contribution in [3.05, 3.63) is 50.1 Å². The van der Waals surface area contributed by atoms with Crippen LogP contribution < -0.4 is 14.9 Å². The van der Waals surface area contributed by atoms with Crippen molar-refractivity contribution in [2.75, 3.05) is 18.6 Å². The van der Waals surface area contributed by atoms with Crippen molar-refractivity contribution in [1.29, 1.82) is 0 Å². The molecule has 0 heterocycles. The van der Waals surface area contributed by atoms with E-state index in [2.05, 4.69) is 33.1 Å². The Hall–Kier alpha value is -2.00. The first-order chi connectivity index (χ1) is 12.5. The van der Waals surface area contributed by atoms with E-state index in [0.29, 0.717) is 30.4 Å². The molecule has 8 heteroatoms. The Kier molecular flexibility index (Phi) is 7.52. The monoisotopic (exact) mass is 488 g/mol. The average Bonchev–Trinajstić information content (AvgIpc) is 2.59. The SMILES string of the molecule is CCOc1cc(/C=N/Nc2ccc(Cl)c(C(=O)O)c2)cc(I)c1OCC. The Labute approximate surface area is 170 Å². The number of nitrogens with zero attached hydrogens (tertiary/aromatic N) is 1. The summed E-state index contributed by atoms with van der Waals surface area (Å²) in [5, 5.41) is 13.4. The molecule has 0 amide bonds. The van der Waals surface area contributed by atoms with Gasteiger partial charge in [0.2, 0.25) is 0 Å². The molecular weight excluding hydrogens is 471 g/mol. The van der Waals surface area contributed by atoms with Gasteiger partial charge in [0.15, 0.2) is 11.5 Å². The van der Waals surface area contributed by atoms with Crippen molar-refractivity contribution >= 4 is 52.1 Å². The summed E-state index contributed by atoms with van der Waals surface area (Å²) in [6.45, 7) is 4.90. The van der Waals surface area contributed by atoms with E-state index in [-0.39, 0.29) is 10.6 Å². The van der Waals surface area contributed by atoms with Gasteiger partial charge in [-0.15, -0.1) is 0 Å². The van der Waals surface area contributed by atoms with Crippen LogP contribution in [-0.2, 0) is 0 Å². The fraction of sp³-hybridized carbons (Fsp3) is 0.222. The number of halogens is 2. The quantitative estimate of drug-likeness (QED) is 0.314. The third-order valence-corrected chi connectivity index (χ3v) is 4.36. The lowest BCUT2D eigenvalue weighted by Crippen LogP contribution is -2.02. The number of rotatable bonds is 8. The van der Waals surface area contributed by atoms with Crippen LogP contribution in [0.2, 0.25) is 5.02 Å². The maximum absolute atomic E-state index is 11.1. The van der Waals surface area contributed by atoms with Gasteiger partial charge in [0, 0.05) is 0 Å². The Bertz CT molecular complexity index is 827. The van der Waals surface area contributed by atoms with Gasteiger partial charge >= 0.3 is 5.97 Å². The van der Waals surface area contributed by atoms with Crippen LogP contribution in [0.4, 0.5) is 5.69 Å². The number of aromatic carboxylic acids is 1. The summed E-state index contributed by atoms with van der Waals surface area (Å²) < 4.78 is 12.2. The molecule has 0 saturated carbocycles. The van der Waals surface area contributed by atoms with E-state index in [0.717, 1.165) is 9.13 Å².